The summed E-state index contributed by atoms with van der Waals surface area (Å²) in [6, 6.07) is 7.87. The zero-order valence-electron chi connectivity index (χ0n) is 10.7. The molecule has 1 atom stereocenters. The monoisotopic (exact) mass is 265 g/mol. The van der Waals surface area contributed by atoms with Gasteiger partial charge < -0.3 is 5.32 Å². The third-order valence-electron chi connectivity index (χ3n) is 3.11. The molecule has 0 amide bonds. The van der Waals surface area contributed by atoms with E-state index in [2.05, 4.69) is 5.32 Å². The van der Waals surface area contributed by atoms with Crippen LogP contribution in [-0.2, 0) is 0 Å². The molecular formula is C15H14F3N. The molecule has 0 spiro atoms. The van der Waals surface area contributed by atoms with Gasteiger partial charge in [-0.3, -0.25) is 0 Å². The summed E-state index contributed by atoms with van der Waals surface area (Å²) in [5.74, 6) is -2.09. The second-order valence-corrected chi connectivity index (χ2v) is 4.40. The Balaban J connectivity index is 2.46. The number of halogens is 3. The summed E-state index contributed by atoms with van der Waals surface area (Å²) in [5, 5.41) is 3.03. The minimum Gasteiger partial charge on any atom is -0.309 e. The SMILES string of the molecule is CNC(c1ccc(F)c(F)c1)c1ccc(F)cc1C. The Hall–Kier alpha value is -1.81. The van der Waals surface area contributed by atoms with E-state index in [0.29, 0.717) is 5.56 Å². The third-order valence-corrected chi connectivity index (χ3v) is 3.11. The van der Waals surface area contributed by atoms with Gasteiger partial charge >= 0.3 is 0 Å². The summed E-state index contributed by atoms with van der Waals surface area (Å²) in [6.45, 7) is 1.78. The summed E-state index contributed by atoms with van der Waals surface area (Å²) in [4.78, 5) is 0. The normalized spacial score (nSPS) is 12.5. The molecule has 0 aromatic heterocycles. The Morgan fingerprint density at radius 1 is 0.947 bits per heavy atom. The van der Waals surface area contributed by atoms with Crippen LogP contribution in [0.4, 0.5) is 13.2 Å². The maximum Gasteiger partial charge on any atom is 0.159 e. The molecule has 100 valence electrons. The first-order chi connectivity index (χ1) is 9.02. The van der Waals surface area contributed by atoms with E-state index >= 15 is 0 Å². The summed E-state index contributed by atoms with van der Waals surface area (Å²) in [7, 11) is 1.72. The lowest BCUT2D eigenvalue weighted by Crippen LogP contribution is -2.19. The molecule has 0 bridgehead atoms. The van der Waals surface area contributed by atoms with Crippen LogP contribution in [0.3, 0.4) is 0 Å². The Morgan fingerprint density at radius 2 is 1.68 bits per heavy atom. The lowest BCUT2D eigenvalue weighted by molar-refractivity contribution is 0.505. The minimum absolute atomic E-state index is 0.310. The Morgan fingerprint density at radius 3 is 2.26 bits per heavy atom. The lowest BCUT2D eigenvalue weighted by Gasteiger charge is -2.19. The van der Waals surface area contributed by atoms with Crippen molar-refractivity contribution < 1.29 is 13.2 Å². The van der Waals surface area contributed by atoms with Gasteiger partial charge in [0, 0.05) is 0 Å². The van der Waals surface area contributed by atoms with Crippen LogP contribution in [0.15, 0.2) is 36.4 Å². The fourth-order valence-electron chi connectivity index (χ4n) is 2.16. The highest BCUT2D eigenvalue weighted by molar-refractivity contribution is 5.37. The molecule has 0 radical (unpaired) electrons. The van der Waals surface area contributed by atoms with Gasteiger partial charge in [0.15, 0.2) is 11.6 Å². The minimum atomic E-state index is -0.891. The first kappa shape index (κ1) is 13.6. The van der Waals surface area contributed by atoms with Crippen molar-refractivity contribution in [3.63, 3.8) is 0 Å². The molecule has 1 unspecified atom stereocenters. The van der Waals surface area contributed by atoms with Crippen LogP contribution in [-0.4, -0.2) is 7.05 Å². The molecule has 0 fully saturated rings. The summed E-state index contributed by atoms with van der Waals surface area (Å²) >= 11 is 0. The molecule has 0 heterocycles. The number of rotatable bonds is 3. The van der Waals surface area contributed by atoms with E-state index in [-0.39, 0.29) is 11.9 Å². The van der Waals surface area contributed by atoms with Crippen molar-refractivity contribution in [1.29, 1.82) is 0 Å². The molecule has 19 heavy (non-hydrogen) atoms. The van der Waals surface area contributed by atoms with E-state index in [0.717, 1.165) is 23.3 Å². The van der Waals surface area contributed by atoms with Crippen molar-refractivity contribution in [2.45, 2.75) is 13.0 Å². The smallest absolute Gasteiger partial charge is 0.159 e. The molecule has 0 aliphatic carbocycles. The van der Waals surface area contributed by atoms with E-state index in [1.54, 1.807) is 20.0 Å². The van der Waals surface area contributed by atoms with Crippen molar-refractivity contribution >= 4 is 0 Å². The van der Waals surface area contributed by atoms with Crippen LogP contribution in [0.2, 0.25) is 0 Å². The molecule has 0 aliphatic rings. The number of aryl methyl sites for hydroxylation is 1. The van der Waals surface area contributed by atoms with Gasteiger partial charge in [0.2, 0.25) is 0 Å². The summed E-state index contributed by atoms with van der Waals surface area (Å²) < 4.78 is 39.4. The van der Waals surface area contributed by atoms with Crippen LogP contribution in [0.1, 0.15) is 22.7 Å². The fraction of sp³-hybridized carbons (Fsp3) is 0.200. The van der Waals surface area contributed by atoms with E-state index in [4.69, 9.17) is 0 Å². The number of hydrogen-bond acceptors (Lipinski definition) is 1. The second-order valence-electron chi connectivity index (χ2n) is 4.40. The van der Waals surface area contributed by atoms with Gasteiger partial charge in [-0.05, 0) is 54.9 Å². The second kappa shape index (κ2) is 5.45. The highest BCUT2D eigenvalue weighted by atomic mass is 19.2. The van der Waals surface area contributed by atoms with Gasteiger partial charge in [-0.1, -0.05) is 12.1 Å². The average molecular weight is 265 g/mol. The van der Waals surface area contributed by atoms with Crippen LogP contribution < -0.4 is 5.32 Å². The van der Waals surface area contributed by atoms with E-state index < -0.39 is 11.6 Å². The third kappa shape index (κ3) is 2.79. The molecule has 2 aromatic rings. The molecule has 1 nitrogen and oxygen atoms in total. The highest BCUT2D eigenvalue weighted by Gasteiger charge is 2.16. The van der Waals surface area contributed by atoms with Crippen molar-refractivity contribution in [1.82, 2.24) is 5.32 Å². The van der Waals surface area contributed by atoms with Gasteiger partial charge in [-0.15, -0.1) is 0 Å². The van der Waals surface area contributed by atoms with Gasteiger partial charge in [-0.25, -0.2) is 13.2 Å². The van der Waals surface area contributed by atoms with Crippen LogP contribution in [0.5, 0.6) is 0 Å². The fourth-order valence-corrected chi connectivity index (χ4v) is 2.16. The molecule has 0 saturated carbocycles. The maximum atomic E-state index is 13.3. The predicted octanol–water partition coefficient (Wildman–Crippen LogP) is 3.72. The molecule has 4 heteroatoms. The zero-order chi connectivity index (χ0) is 14.0. The number of hydrogen-bond donors (Lipinski definition) is 1. The van der Waals surface area contributed by atoms with Crippen LogP contribution in [0, 0.1) is 24.4 Å². The summed E-state index contributed by atoms with van der Waals surface area (Å²) in [6.07, 6.45) is 0. The Labute approximate surface area is 110 Å². The molecular weight excluding hydrogens is 251 g/mol. The molecule has 1 N–H and O–H groups in total. The first-order valence-corrected chi connectivity index (χ1v) is 5.91. The van der Waals surface area contributed by atoms with Gasteiger partial charge in [-0.2, -0.15) is 0 Å². The molecule has 0 aliphatic heterocycles. The standard InChI is InChI=1S/C15H14F3N/c1-9-7-11(16)4-5-12(9)15(19-2)10-3-6-13(17)14(18)8-10/h3-8,15,19H,1-2H3. The van der Waals surface area contributed by atoms with Crippen molar-refractivity contribution in [2.24, 2.45) is 0 Å². The van der Waals surface area contributed by atoms with Crippen LogP contribution in [0.25, 0.3) is 0 Å². The van der Waals surface area contributed by atoms with Crippen molar-refractivity contribution in [3.05, 3.63) is 70.5 Å². The van der Waals surface area contributed by atoms with Crippen LogP contribution >= 0.6 is 0 Å². The van der Waals surface area contributed by atoms with Gasteiger partial charge in [0.1, 0.15) is 5.82 Å². The average Bonchev–Trinajstić information content (AvgIpc) is 2.37. The van der Waals surface area contributed by atoms with Crippen molar-refractivity contribution in [3.8, 4) is 0 Å². The largest absolute Gasteiger partial charge is 0.309 e. The van der Waals surface area contributed by atoms with E-state index in [9.17, 15) is 13.2 Å². The number of nitrogens with one attached hydrogen (secondary N) is 1. The Kier molecular flexibility index (Phi) is 3.90. The molecule has 0 saturated heterocycles. The van der Waals surface area contributed by atoms with E-state index in [1.807, 2.05) is 0 Å². The quantitative estimate of drug-likeness (QED) is 0.891. The van der Waals surface area contributed by atoms with Gasteiger partial charge in [0.05, 0.1) is 6.04 Å². The van der Waals surface area contributed by atoms with Gasteiger partial charge in [0.25, 0.3) is 0 Å². The van der Waals surface area contributed by atoms with E-state index in [1.165, 1.54) is 18.2 Å². The number of benzene rings is 2. The molecule has 2 aromatic carbocycles. The Bertz CT molecular complexity index is 596. The first-order valence-electron chi connectivity index (χ1n) is 5.91. The maximum absolute atomic E-state index is 13.3. The predicted molar refractivity (Wildman–Crippen MR) is 68.4 cm³/mol. The van der Waals surface area contributed by atoms with Crippen molar-refractivity contribution in [2.75, 3.05) is 7.05 Å². The zero-order valence-corrected chi connectivity index (χ0v) is 10.7. The lowest BCUT2D eigenvalue weighted by atomic mass is 9.95. The highest BCUT2D eigenvalue weighted by Crippen LogP contribution is 2.26. The summed E-state index contributed by atoms with van der Waals surface area (Å²) in [5.41, 5.74) is 2.18. The molecule has 2 rings (SSSR count). The topological polar surface area (TPSA) is 12.0 Å².